The molecule has 1 atom stereocenters. The van der Waals surface area contributed by atoms with Gasteiger partial charge in [-0.1, -0.05) is 6.07 Å². The number of halogens is 2. The first-order valence-electron chi connectivity index (χ1n) is 5.04. The van der Waals surface area contributed by atoms with Crippen molar-refractivity contribution in [2.45, 2.75) is 18.9 Å². The van der Waals surface area contributed by atoms with Gasteiger partial charge in [-0.05, 0) is 26.6 Å². The summed E-state index contributed by atoms with van der Waals surface area (Å²) in [6.45, 7) is 0. The molecule has 0 aromatic heterocycles. The Morgan fingerprint density at radius 3 is 2.56 bits per heavy atom. The predicted molar refractivity (Wildman–Crippen MR) is 57.6 cm³/mol. The van der Waals surface area contributed by atoms with E-state index < -0.39 is 11.6 Å². The van der Waals surface area contributed by atoms with Crippen molar-refractivity contribution >= 4 is 0 Å². The van der Waals surface area contributed by atoms with Crippen LogP contribution in [0.25, 0.3) is 0 Å². The van der Waals surface area contributed by atoms with E-state index in [2.05, 4.69) is 0 Å². The Hall–Kier alpha value is -1.47. The maximum Gasteiger partial charge on any atom is 0.130 e. The first-order valence-corrected chi connectivity index (χ1v) is 5.04. The van der Waals surface area contributed by atoms with Crippen LogP contribution in [0.5, 0.6) is 0 Å². The molecule has 86 valence electrons. The van der Waals surface area contributed by atoms with Crippen molar-refractivity contribution in [1.82, 2.24) is 4.90 Å². The molecule has 0 aliphatic heterocycles. The minimum absolute atomic E-state index is 0.194. The molecule has 1 aromatic rings. The highest BCUT2D eigenvalue weighted by Gasteiger charge is 2.17. The average Bonchev–Trinajstić information content (AvgIpc) is 2.20. The summed E-state index contributed by atoms with van der Waals surface area (Å²) in [5.74, 6) is -1.14. The molecule has 0 heterocycles. The molecule has 0 saturated heterocycles. The highest BCUT2D eigenvalue weighted by molar-refractivity contribution is 5.22. The van der Waals surface area contributed by atoms with Crippen LogP contribution in [-0.4, -0.2) is 19.0 Å². The zero-order valence-corrected chi connectivity index (χ0v) is 9.37. The van der Waals surface area contributed by atoms with Gasteiger partial charge >= 0.3 is 0 Å². The smallest absolute Gasteiger partial charge is 0.130 e. The van der Waals surface area contributed by atoms with Crippen LogP contribution in [-0.2, 0) is 0 Å². The van der Waals surface area contributed by atoms with Gasteiger partial charge in [-0.3, -0.25) is 0 Å². The van der Waals surface area contributed by atoms with Gasteiger partial charge in [-0.2, -0.15) is 5.26 Å². The van der Waals surface area contributed by atoms with Crippen LogP contribution in [0.3, 0.4) is 0 Å². The largest absolute Gasteiger partial charge is 0.302 e. The van der Waals surface area contributed by atoms with Crippen molar-refractivity contribution in [1.29, 1.82) is 5.26 Å². The van der Waals surface area contributed by atoms with E-state index in [1.54, 1.807) is 0 Å². The summed E-state index contributed by atoms with van der Waals surface area (Å²) in [7, 11) is 3.62. The van der Waals surface area contributed by atoms with Gasteiger partial charge < -0.3 is 4.90 Å². The number of benzene rings is 1. The zero-order chi connectivity index (χ0) is 12.1. The lowest BCUT2D eigenvalue weighted by Crippen LogP contribution is -2.21. The van der Waals surface area contributed by atoms with Crippen LogP contribution in [0.4, 0.5) is 8.78 Å². The topological polar surface area (TPSA) is 27.0 Å². The van der Waals surface area contributed by atoms with Crippen molar-refractivity contribution in [3.05, 3.63) is 35.4 Å². The molecule has 0 saturated carbocycles. The SMILES string of the molecule is CN(C)C(CCC#N)c1ccc(F)cc1F. The lowest BCUT2D eigenvalue weighted by molar-refractivity contribution is 0.278. The molecule has 0 spiro atoms. The highest BCUT2D eigenvalue weighted by atomic mass is 19.1. The highest BCUT2D eigenvalue weighted by Crippen LogP contribution is 2.26. The van der Waals surface area contributed by atoms with E-state index in [0.717, 1.165) is 6.07 Å². The fraction of sp³-hybridized carbons (Fsp3) is 0.417. The lowest BCUT2D eigenvalue weighted by atomic mass is 10.0. The molecule has 1 rings (SSSR count). The summed E-state index contributed by atoms with van der Waals surface area (Å²) in [6.07, 6.45) is 0.881. The minimum Gasteiger partial charge on any atom is -0.302 e. The van der Waals surface area contributed by atoms with Crippen molar-refractivity contribution in [3.63, 3.8) is 0 Å². The van der Waals surface area contributed by atoms with E-state index in [4.69, 9.17) is 5.26 Å². The average molecular weight is 224 g/mol. The zero-order valence-electron chi connectivity index (χ0n) is 9.37. The number of nitrogens with zero attached hydrogens (tertiary/aromatic N) is 2. The third kappa shape index (κ3) is 3.01. The number of hydrogen-bond donors (Lipinski definition) is 0. The number of hydrogen-bond acceptors (Lipinski definition) is 2. The summed E-state index contributed by atoms with van der Waals surface area (Å²) in [6, 6.07) is 5.38. The van der Waals surface area contributed by atoms with Crippen molar-refractivity contribution in [2.75, 3.05) is 14.1 Å². The summed E-state index contributed by atoms with van der Waals surface area (Å²) in [5, 5.41) is 8.53. The van der Waals surface area contributed by atoms with Crippen molar-refractivity contribution in [3.8, 4) is 6.07 Å². The summed E-state index contributed by atoms with van der Waals surface area (Å²) in [4.78, 5) is 1.83. The van der Waals surface area contributed by atoms with Gasteiger partial charge in [0.25, 0.3) is 0 Å². The molecular weight excluding hydrogens is 210 g/mol. The summed E-state index contributed by atoms with van der Waals surface area (Å²) in [5.41, 5.74) is 0.432. The first-order chi connectivity index (χ1) is 7.56. The van der Waals surface area contributed by atoms with Crippen LogP contribution in [0, 0.1) is 23.0 Å². The monoisotopic (exact) mass is 224 g/mol. The minimum atomic E-state index is -0.584. The molecule has 1 unspecified atom stereocenters. The molecule has 0 bridgehead atoms. The molecule has 0 amide bonds. The Labute approximate surface area is 94.1 Å². The third-order valence-electron chi connectivity index (χ3n) is 2.47. The molecule has 0 aliphatic carbocycles. The normalized spacial score (nSPS) is 12.5. The molecule has 2 nitrogen and oxygen atoms in total. The van der Waals surface area contributed by atoms with Gasteiger partial charge in [0.1, 0.15) is 11.6 Å². The molecule has 4 heteroatoms. The van der Waals surface area contributed by atoms with Crippen LogP contribution in [0.15, 0.2) is 18.2 Å². The Morgan fingerprint density at radius 2 is 2.06 bits per heavy atom. The van der Waals surface area contributed by atoms with E-state index in [1.165, 1.54) is 12.1 Å². The van der Waals surface area contributed by atoms with Gasteiger partial charge in [0.2, 0.25) is 0 Å². The van der Waals surface area contributed by atoms with E-state index in [1.807, 2.05) is 25.1 Å². The maximum atomic E-state index is 13.5. The second kappa shape index (κ2) is 5.57. The standard InChI is InChI=1S/C12H14F2N2/c1-16(2)12(4-3-7-15)10-6-5-9(13)8-11(10)14/h5-6,8,12H,3-4H2,1-2H3. The van der Waals surface area contributed by atoms with Gasteiger partial charge in [0, 0.05) is 24.1 Å². The summed E-state index contributed by atoms with van der Waals surface area (Å²) >= 11 is 0. The number of nitriles is 1. The molecular formula is C12H14F2N2. The first kappa shape index (κ1) is 12.6. The lowest BCUT2D eigenvalue weighted by Gasteiger charge is -2.24. The van der Waals surface area contributed by atoms with Crippen LogP contribution in [0.2, 0.25) is 0 Å². The molecule has 0 radical (unpaired) electrons. The van der Waals surface area contributed by atoms with Gasteiger partial charge in [0.15, 0.2) is 0 Å². The molecule has 0 fully saturated rings. The predicted octanol–water partition coefficient (Wildman–Crippen LogP) is 2.87. The van der Waals surface area contributed by atoms with E-state index in [9.17, 15) is 8.78 Å². The summed E-state index contributed by atoms with van der Waals surface area (Å²) < 4.78 is 26.3. The van der Waals surface area contributed by atoms with Gasteiger partial charge in [-0.25, -0.2) is 8.78 Å². The third-order valence-corrected chi connectivity index (χ3v) is 2.47. The molecule has 0 N–H and O–H groups in total. The van der Waals surface area contributed by atoms with Gasteiger partial charge in [0.05, 0.1) is 6.07 Å². The van der Waals surface area contributed by atoms with Crippen LogP contribution < -0.4 is 0 Å². The second-order valence-corrected chi connectivity index (χ2v) is 3.84. The fourth-order valence-electron chi connectivity index (χ4n) is 1.66. The molecule has 1 aromatic carbocycles. The Balaban J connectivity index is 2.97. The van der Waals surface area contributed by atoms with Crippen molar-refractivity contribution < 1.29 is 8.78 Å². The maximum absolute atomic E-state index is 13.5. The fourth-order valence-corrected chi connectivity index (χ4v) is 1.66. The van der Waals surface area contributed by atoms with E-state index in [-0.39, 0.29) is 6.04 Å². The quantitative estimate of drug-likeness (QED) is 0.786. The molecule has 16 heavy (non-hydrogen) atoms. The van der Waals surface area contributed by atoms with Gasteiger partial charge in [-0.15, -0.1) is 0 Å². The molecule has 0 aliphatic rings. The number of rotatable bonds is 4. The Kier molecular flexibility index (Phi) is 4.39. The van der Waals surface area contributed by atoms with Crippen LogP contribution >= 0.6 is 0 Å². The van der Waals surface area contributed by atoms with E-state index in [0.29, 0.717) is 18.4 Å². The van der Waals surface area contributed by atoms with E-state index >= 15 is 0 Å². The Bertz CT molecular complexity index is 396. The Morgan fingerprint density at radius 1 is 1.38 bits per heavy atom. The van der Waals surface area contributed by atoms with Crippen LogP contribution in [0.1, 0.15) is 24.4 Å². The second-order valence-electron chi connectivity index (χ2n) is 3.84. The van der Waals surface area contributed by atoms with Crippen molar-refractivity contribution in [2.24, 2.45) is 0 Å².